The van der Waals surface area contributed by atoms with Gasteiger partial charge in [0.25, 0.3) is 0 Å². The fraction of sp³-hybridized carbons (Fsp3) is 0.273. The first-order chi connectivity index (χ1) is 14.1. The molecule has 1 heterocycles. The van der Waals surface area contributed by atoms with E-state index < -0.39 is 27.4 Å². The van der Waals surface area contributed by atoms with Crippen molar-refractivity contribution in [1.29, 1.82) is 0 Å². The van der Waals surface area contributed by atoms with Crippen LogP contribution in [0.1, 0.15) is 24.0 Å². The summed E-state index contributed by atoms with van der Waals surface area (Å²) in [6.45, 7) is 0.0316. The number of sulfonamides is 1. The summed E-state index contributed by atoms with van der Waals surface area (Å²) in [5.41, 5.74) is -2.18. The maximum absolute atomic E-state index is 13.1. The highest BCUT2D eigenvalue weighted by Gasteiger charge is 2.39. The Morgan fingerprint density at radius 2 is 1.53 bits per heavy atom. The molecule has 0 bridgehead atoms. The number of rotatable bonds is 3. The summed E-state index contributed by atoms with van der Waals surface area (Å²) in [4.78, 5) is 0.158. The van der Waals surface area contributed by atoms with Gasteiger partial charge in [0, 0.05) is 13.1 Å². The Kier molecular flexibility index (Phi) is 5.12. The molecule has 30 heavy (non-hydrogen) atoms. The zero-order valence-electron chi connectivity index (χ0n) is 15.9. The fourth-order valence-electron chi connectivity index (χ4n) is 3.85. The van der Waals surface area contributed by atoms with Gasteiger partial charge >= 0.3 is 6.18 Å². The van der Waals surface area contributed by atoms with Crippen LogP contribution in [0.4, 0.5) is 13.2 Å². The van der Waals surface area contributed by atoms with Crippen LogP contribution in [0, 0.1) is 0 Å². The molecule has 1 aliphatic rings. The van der Waals surface area contributed by atoms with Gasteiger partial charge in [-0.1, -0.05) is 42.5 Å². The second-order valence-electron chi connectivity index (χ2n) is 7.52. The van der Waals surface area contributed by atoms with Crippen molar-refractivity contribution in [2.75, 3.05) is 13.1 Å². The van der Waals surface area contributed by atoms with E-state index in [0.717, 1.165) is 22.9 Å². The highest BCUT2D eigenvalue weighted by Crippen LogP contribution is 2.38. The number of alkyl halides is 3. The lowest BCUT2D eigenvalue weighted by Gasteiger charge is -2.38. The Hall–Kier alpha value is -2.42. The van der Waals surface area contributed by atoms with E-state index in [1.165, 1.54) is 16.4 Å². The van der Waals surface area contributed by atoms with E-state index in [1.54, 1.807) is 18.2 Å². The van der Waals surface area contributed by atoms with Gasteiger partial charge in [-0.2, -0.15) is 17.5 Å². The number of fused-ring (bicyclic) bond motifs is 1. The lowest BCUT2D eigenvalue weighted by atomic mass is 9.84. The predicted molar refractivity (Wildman–Crippen MR) is 107 cm³/mol. The molecule has 0 aliphatic carbocycles. The van der Waals surface area contributed by atoms with Crippen molar-refractivity contribution in [2.45, 2.75) is 29.5 Å². The second kappa shape index (κ2) is 7.37. The first-order valence-electron chi connectivity index (χ1n) is 9.49. The van der Waals surface area contributed by atoms with Crippen LogP contribution < -0.4 is 0 Å². The van der Waals surface area contributed by atoms with Crippen LogP contribution in [-0.2, 0) is 21.8 Å². The average molecular weight is 435 g/mol. The smallest absolute Gasteiger partial charge is 0.385 e. The largest absolute Gasteiger partial charge is 0.416 e. The van der Waals surface area contributed by atoms with Crippen molar-refractivity contribution in [2.24, 2.45) is 0 Å². The molecule has 0 aromatic heterocycles. The molecule has 158 valence electrons. The summed E-state index contributed by atoms with van der Waals surface area (Å²) in [6, 6.07) is 16.9. The highest BCUT2D eigenvalue weighted by molar-refractivity contribution is 7.89. The molecule has 0 atom stereocenters. The van der Waals surface area contributed by atoms with Crippen molar-refractivity contribution >= 4 is 20.8 Å². The summed E-state index contributed by atoms with van der Waals surface area (Å²) >= 11 is 0. The van der Waals surface area contributed by atoms with Gasteiger partial charge in [0.15, 0.2) is 0 Å². The van der Waals surface area contributed by atoms with Crippen LogP contribution in [0.5, 0.6) is 0 Å². The Morgan fingerprint density at radius 3 is 2.20 bits per heavy atom. The van der Waals surface area contributed by atoms with Crippen molar-refractivity contribution < 1.29 is 26.7 Å². The topological polar surface area (TPSA) is 57.6 Å². The Labute approximate surface area is 172 Å². The minimum Gasteiger partial charge on any atom is -0.385 e. The molecule has 1 N–H and O–H groups in total. The van der Waals surface area contributed by atoms with Gasteiger partial charge in [0.1, 0.15) is 0 Å². The maximum Gasteiger partial charge on any atom is 0.416 e. The van der Waals surface area contributed by atoms with Crippen molar-refractivity contribution in [3.8, 4) is 0 Å². The maximum atomic E-state index is 13.1. The van der Waals surface area contributed by atoms with E-state index >= 15 is 0 Å². The first kappa shape index (κ1) is 20.8. The molecule has 8 heteroatoms. The highest BCUT2D eigenvalue weighted by atomic mass is 32.2. The van der Waals surface area contributed by atoms with E-state index in [0.29, 0.717) is 0 Å². The minimum atomic E-state index is -4.51. The van der Waals surface area contributed by atoms with Crippen molar-refractivity contribution in [3.05, 3.63) is 77.9 Å². The molecule has 4 rings (SSSR count). The van der Waals surface area contributed by atoms with E-state index in [2.05, 4.69) is 0 Å². The zero-order chi connectivity index (χ0) is 21.6. The third-order valence-corrected chi connectivity index (χ3v) is 7.53. The Balaban J connectivity index is 1.56. The molecule has 0 saturated carbocycles. The number of hydrogen-bond donors (Lipinski definition) is 1. The molecule has 1 fully saturated rings. The number of nitrogens with zero attached hydrogens (tertiary/aromatic N) is 1. The van der Waals surface area contributed by atoms with Crippen LogP contribution in [0.25, 0.3) is 10.8 Å². The number of benzene rings is 3. The number of hydrogen-bond acceptors (Lipinski definition) is 3. The van der Waals surface area contributed by atoms with Gasteiger partial charge < -0.3 is 5.11 Å². The molecule has 1 saturated heterocycles. The molecular formula is C22H20F3NO3S. The second-order valence-corrected chi connectivity index (χ2v) is 9.46. The third-order valence-electron chi connectivity index (χ3n) is 5.64. The third kappa shape index (κ3) is 3.82. The minimum absolute atomic E-state index is 0.0150. The summed E-state index contributed by atoms with van der Waals surface area (Å²) in [7, 11) is -3.78. The van der Waals surface area contributed by atoms with E-state index in [9.17, 15) is 26.7 Å². The van der Waals surface area contributed by atoms with Crippen LogP contribution in [0.2, 0.25) is 0 Å². The number of aliphatic hydroxyl groups is 1. The van der Waals surface area contributed by atoms with Gasteiger partial charge in [-0.15, -0.1) is 0 Å². The monoisotopic (exact) mass is 435 g/mol. The van der Waals surface area contributed by atoms with Crippen molar-refractivity contribution in [1.82, 2.24) is 4.31 Å². The van der Waals surface area contributed by atoms with Gasteiger partial charge in [-0.3, -0.25) is 0 Å². The number of piperidine rings is 1. The summed E-state index contributed by atoms with van der Waals surface area (Å²) in [5.74, 6) is 0. The Morgan fingerprint density at radius 1 is 0.867 bits per heavy atom. The first-order valence-corrected chi connectivity index (χ1v) is 10.9. The fourth-order valence-corrected chi connectivity index (χ4v) is 5.32. The lowest BCUT2D eigenvalue weighted by molar-refractivity contribution is -0.137. The van der Waals surface area contributed by atoms with E-state index in [1.807, 2.05) is 24.3 Å². The molecule has 0 spiro atoms. The molecule has 0 radical (unpaired) electrons. The Bertz CT molecular complexity index is 1180. The summed E-state index contributed by atoms with van der Waals surface area (Å²) in [5, 5.41) is 12.7. The average Bonchev–Trinajstić information content (AvgIpc) is 2.73. The SMILES string of the molecule is O=S(=O)(c1ccc2ccccc2c1)N1CCC(O)(c2cccc(C(F)(F)F)c2)CC1. The van der Waals surface area contributed by atoms with Crippen LogP contribution in [0.3, 0.4) is 0 Å². The van der Waals surface area contributed by atoms with Crippen LogP contribution in [0.15, 0.2) is 71.6 Å². The molecular weight excluding hydrogens is 415 g/mol. The van der Waals surface area contributed by atoms with Gasteiger partial charge in [-0.25, -0.2) is 8.42 Å². The van der Waals surface area contributed by atoms with Gasteiger partial charge in [0.05, 0.1) is 16.1 Å². The lowest BCUT2D eigenvalue weighted by Crippen LogP contribution is -2.45. The predicted octanol–water partition coefficient (Wildman–Crippen LogP) is 4.53. The van der Waals surface area contributed by atoms with Crippen LogP contribution >= 0.6 is 0 Å². The molecule has 3 aromatic carbocycles. The summed E-state index contributed by atoms with van der Waals surface area (Å²) in [6.07, 6.45) is -4.48. The molecule has 3 aromatic rings. The zero-order valence-corrected chi connectivity index (χ0v) is 16.7. The van der Waals surface area contributed by atoms with E-state index in [-0.39, 0.29) is 36.4 Å². The van der Waals surface area contributed by atoms with Gasteiger partial charge in [-0.05, 0) is 53.4 Å². The van der Waals surface area contributed by atoms with Crippen LogP contribution in [-0.4, -0.2) is 30.9 Å². The summed E-state index contributed by atoms with van der Waals surface area (Å²) < 4.78 is 66.4. The molecule has 4 nitrogen and oxygen atoms in total. The van der Waals surface area contributed by atoms with E-state index in [4.69, 9.17) is 0 Å². The normalized spacial score (nSPS) is 17.9. The van der Waals surface area contributed by atoms with Crippen molar-refractivity contribution in [3.63, 3.8) is 0 Å². The van der Waals surface area contributed by atoms with Gasteiger partial charge in [0.2, 0.25) is 10.0 Å². The molecule has 1 aliphatic heterocycles. The quantitative estimate of drug-likeness (QED) is 0.658. The molecule has 0 amide bonds. The number of halogens is 3. The standard InChI is InChI=1S/C22H20F3NO3S/c23-22(24,25)19-7-3-6-18(15-19)21(27)10-12-26(13-11-21)30(28,29)20-9-8-16-4-1-2-5-17(16)14-20/h1-9,14-15,27H,10-13H2. The molecule has 0 unspecified atom stereocenters.